The highest BCUT2D eigenvalue weighted by atomic mass is 35.5. The van der Waals surface area contributed by atoms with Gasteiger partial charge in [-0.3, -0.25) is 0 Å². The average Bonchev–Trinajstić information content (AvgIpc) is 2.96. The molecule has 1 aliphatic carbocycles. The average molecular weight is 431 g/mol. The molecule has 0 atom stereocenters. The summed E-state index contributed by atoms with van der Waals surface area (Å²) in [7, 11) is -3.69. The number of nitrogens with two attached hydrogens (primary N) is 1. The quantitative estimate of drug-likeness (QED) is 0.705. The van der Waals surface area contributed by atoms with E-state index in [4.69, 9.17) is 19.7 Å². The van der Waals surface area contributed by atoms with Gasteiger partial charge in [-0.2, -0.15) is 4.98 Å². The molecule has 0 bridgehead atoms. The van der Waals surface area contributed by atoms with Crippen molar-refractivity contribution in [3.8, 4) is 11.5 Å². The molecule has 2 aliphatic rings. The zero-order valence-electron chi connectivity index (χ0n) is 15.2. The Morgan fingerprint density at radius 1 is 1.14 bits per heavy atom. The van der Waals surface area contributed by atoms with Gasteiger partial charge >= 0.3 is 0 Å². The van der Waals surface area contributed by atoms with Gasteiger partial charge in [0.1, 0.15) is 0 Å². The van der Waals surface area contributed by atoms with Crippen LogP contribution in [0, 0.1) is 0 Å². The van der Waals surface area contributed by atoms with Crippen LogP contribution in [-0.4, -0.2) is 38.3 Å². The lowest BCUT2D eigenvalue weighted by Crippen LogP contribution is -2.44. The molecular weight excluding hydrogens is 408 g/mol. The van der Waals surface area contributed by atoms with E-state index in [9.17, 15) is 8.42 Å². The molecule has 154 valence electrons. The Bertz CT molecular complexity index is 929. The Balaban J connectivity index is 0.00000225. The third kappa shape index (κ3) is 4.24. The first-order chi connectivity index (χ1) is 13.0. The van der Waals surface area contributed by atoms with Crippen molar-refractivity contribution in [1.82, 2.24) is 14.9 Å². The van der Waals surface area contributed by atoms with Gasteiger partial charge in [0.05, 0.1) is 23.6 Å². The highest BCUT2D eigenvalue weighted by Gasteiger charge is 2.38. The predicted molar refractivity (Wildman–Crippen MR) is 102 cm³/mol. The van der Waals surface area contributed by atoms with Crippen LogP contribution in [0.2, 0.25) is 0 Å². The van der Waals surface area contributed by atoms with Crippen molar-refractivity contribution in [2.24, 2.45) is 5.73 Å². The molecule has 0 amide bonds. The number of ether oxygens (including phenoxy) is 2. The standard InChI is InChI=1S/C17H22N4O5S.ClH/c18-17(6-1-7-17)16-20-15(26-21-16)5-8-19-27(22,23)12-3-4-13-14(11-12)25-10-2-9-24-13;/h3-4,11,19H,1-2,5-10,18H2;1H. The van der Waals surface area contributed by atoms with E-state index in [-0.39, 0.29) is 30.3 Å². The second-order valence-corrected chi connectivity index (χ2v) is 8.60. The first-order valence-corrected chi connectivity index (χ1v) is 10.5. The Hall–Kier alpha value is -1.88. The summed E-state index contributed by atoms with van der Waals surface area (Å²) in [6.45, 7) is 1.18. The zero-order chi connectivity index (χ0) is 18.9. The van der Waals surface area contributed by atoms with Crippen molar-refractivity contribution in [2.75, 3.05) is 19.8 Å². The maximum Gasteiger partial charge on any atom is 0.240 e. The van der Waals surface area contributed by atoms with Gasteiger partial charge in [-0.15, -0.1) is 12.4 Å². The van der Waals surface area contributed by atoms with Crippen LogP contribution in [0.15, 0.2) is 27.6 Å². The van der Waals surface area contributed by atoms with E-state index in [2.05, 4.69) is 14.9 Å². The monoisotopic (exact) mass is 430 g/mol. The molecule has 0 spiro atoms. The molecule has 4 rings (SSSR count). The van der Waals surface area contributed by atoms with E-state index < -0.39 is 15.6 Å². The summed E-state index contributed by atoms with van der Waals surface area (Å²) in [5.41, 5.74) is 5.66. The number of hydrogen-bond acceptors (Lipinski definition) is 8. The van der Waals surface area contributed by atoms with Crippen molar-refractivity contribution in [2.45, 2.75) is 42.5 Å². The summed E-state index contributed by atoms with van der Waals surface area (Å²) in [4.78, 5) is 4.41. The molecule has 1 aliphatic heterocycles. The van der Waals surface area contributed by atoms with E-state index in [1.807, 2.05) is 0 Å². The molecule has 2 aromatic rings. The van der Waals surface area contributed by atoms with Gasteiger partial charge in [-0.05, 0) is 31.4 Å². The molecule has 0 unspecified atom stereocenters. The van der Waals surface area contributed by atoms with Crippen LogP contribution in [0.5, 0.6) is 11.5 Å². The van der Waals surface area contributed by atoms with Crippen molar-refractivity contribution in [1.29, 1.82) is 0 Å². The van der Waals surface area contributed by atoms with Crippen molar-refractivity contribution in [3.63, 3.8) is 0 Å². The molecule has 1 saturated carbocycles. The van der Waals surface area contributed by atoms with E-state index in [0.29, 0.717) is 36.4 Å². The number of fused-ring (bicyclic) bond motifs is 1. The third-order valence-corrected chi connectivity index (χ3v) is 6.28. The molecule has 0 radical (unpaired) electrons. The molecular formula is C17H23ClN4O5S. The van der Waals surface area contributed by atoms with Gasteiger partial charge < -0.3 is 19.7 Å². The van der Waals surface area contributed by atoms with Crippen LogP contribution in [0.1, 0.15) is 37.4 Å². The summed E-state index contributed by atoms with van der Waals surface area (Å²) in [5, 5.41) is 3.92. The molecule has 1 fully saturated rings. The largest absolute Gasteiger partial charge is 0.490 e. The highest BCUT2D eigenvalue weighted by Crippen LogP contribution is 2.37. The molecule has 11 heteroatoms. The Labute approximate surface area is 169 Å². The Morgan fingerprint density at radius 2 is 1.89 bits per heavy atom. The topological polar surface area (TPSA) is 130 Å². The summed E-state index contributed by atoms with van der Waals surface area (Å²) in [6, 6.07) is 4.58. The van der Waals surface area contributed by atoms with Gasteiger partial charge in [0.2, 0.25) is 15.9 Å². The lowest BCUT2D eigenvalue weighted by molar-refractivity contribution is 0.229. The van der Waals surface area contributed by atoms with Gasteiger partial charge in [0.25, 0.3) is 0 Å². The fourth-order valence-electron chi connectivity index (χ4n) is 3.03. The maximum absolute atomic E-state index is 12.5. The maximum atomic E-state index is 12.5. The van der Waals surface area contributed by atoms with Crippen LogP contribution < -0.4 is 19.9 Å². The third-order valence-electron chi connectivity index (χ3n) is 4.82. The van der Waals surface area contributed by atoms with Gasteiger partial charge in [0, 0.05) is 25.5 Å². The number of sulfonamides is 1. The molecule has 2 heterocycles. The second kappa shape index (κ2) is 8.24. The number of rotatable bonds is 6. The lowest BCUT2D eigenvalue weighted by Gasteiger charge is -2.34. The summed E-state index contributed by atoms with van der Waals surface area (Å²) in [5.74, 6) is 1.85. The van der Waals surface area contributed by atoms with Crippen LogP contribution in [0.4, 0.5) is 0 Å². The van der Waals surface area contributed by atoms with Crippen molar-refractivity contribution in [3.05, 3.63) is 29.9 Å². The molecule has 0 saturated heterocycles. The number of hydrogen-bond donors (Lipinski definition) is 2. The second-order valence-electron chi connectivity index (χ2n) is 6.83. The van der Waals surface area contributed by atoms with Gasteiger partial charge in [0.15, 0.2) is 17.3 Å². The SMILES string of the molecule is Cl.NC1(c2noc(CCNS(=O)(=O)c3ccc4c(c3)OCCCO4)n2)CCC1. The van der Waals surface area contributed by atoms with Crippen LogP contribution in [0.25, 0.3) is 0 Å². The Morgan fingerprint density at radius 3 is 2.61 bits per heavy atom. The van der Waals surface area contributed by atoms with E-state index in [1.165, 1.54) is 12.1 Å². The molecule has 1 aromatic carbocycles. The summed E-state index contributed by atoms with van der Waals surface area (Å²) < 4.78 is 43.8. The lowest BCUT2D eigenvalue weighted by atomic mass is 9.77. The van der Waals surface area contributed by atoms with Crippen LogP contribution in [-0.2, 0) is 22.0 Å². The van der Waals surface area contributed by atoms with E-state index >= 15 is 0 Å². The minimum atomic E-state index is -3.69. The van der Waals surface area contributed by atoms with Crippen LogP contribution in [0.3, 0.4) is 0 Å². The minimum absolute atomic E-state index is 0. The number of halogens is 1. The Kier molecular flexibility index (Phi) is 6.13. The molecule has 9 nitrogen and oxygen atoms in total. The highest BCUT2D eigenvalue weighted by molar-refractivity contribution is 7.89. The van der Waals surface area contributed by atoms with Gasteiger partial charge in [-0.1, -0.05) is 5.16 Å². The number of aromatic nitrogens is 2. The predicted octanol–water partition coefficient (Wildman–Crippen LogP) is 1.51. The minimum Gasteiger partial charge on any atom is -0.490 e. The first kappa shape index (κ1) is 20.8. The van der Waals surface area contributed by atoms with Crippen LogP contribution >= 0.6 is 12.4 Å². The summed E-state index contributed by atoms with van der Waals surface area (Å²) in [6.07, 6.45) is 3.76. The van der Waals surface area contributed by atoms with E-state index in [0.717, 1.165) is 25.7 Å². The number of nitrogens with one attached hydrogen (secondary N) is 1. The molecule has 28 heavy (non-hydrogen) atoms. The van der Waals surface area contributed by atoms with Gasteiger partial charge in [-0.25, -0.2) is 13.1 Å². The summed E-state index contributed by atoms with van der Waals surface area (Å²) >= 11 is 0. The zero-order valence-corrected chi connectivity index (χ0v) is 16.9. The first-order valence-electron chi connectivity index (χ1n) is 8.98. The molecule has 3 N–H and O–H groups in total. The number of nitrogens with zero attached hydrogens (tertiary/aromatic N) is 2. The van der Waals surface area contributed by atoms with Crippen molar-refractivity contribution < 1.29 is 22.4 Å². The van der Waals surface area contributed by atoms with Crippen molar-refractivity contribution >= 4 is 22.4 Å². The fourth-order valence-corrected chi connectivity index (χ4v) is 4.07. The smallest absolute Gasteiger partial charge is 0.240 e. The molecule has 1 aromatic heterocycles. The number of benzene rings is 1. The fraction of sp³-hybridized carbons (Fsp3) is 0.529. The normalized spacial score (nSPS) is 17.9. The van der Waals surface area contributed by atoms with E-state index in [1.54, 1.807) is 6.07 Å².